The zero-order valence-electron chi connectivity index (χ0n) is 14.8. The Morgan fingerprint density at radius 3 is 2.92 bits per heavy atom. The molecule has 1 aromatic heterocycles. The standard InChI is InChI=1S/C19H25N3O2S/c1-13-14(2)25-18(20-13)21-19(24)22(11-6-12-23)17-10-5-8-15-7-3-4-9-16(15)17/h3-4,7,9,17,23H,5-6,8,10-12H2,1-2H3,(H,20,21,24). The molecule has 1 aromatic carbocycles. The Morgan fingerprint density at radius 2 is 2.20 bits per heavy atom. The van der Waals surface area contributed by atoms with Crippen molar-refractivity contribution in [3.63, 3.8) is 0 Å². The third kappa shape index (κ3) is 4.02. The Balaban J connectivity index is 1.83. The number of carbonyl (C=O) groups excluding carboxylic acids is 1. The minimum atomic E-state index is -0.135. The monoisotopic (exact) mass is 359 g/mol. The lowest BCUT2D eigenvalue weighted by Crippen LogP contribution is -2.40. The molecule has 2 aromatic rings. The van der Waals surface area contributed by atoms with E-state index in [4.69, 9.17) is 0 Å². The van der Waals surface area contributed by atoms with Crippen LogP contribution in [0.15, 0.2) is 24.3 Å². The molecule has 0 aliphatic heterocycles. The number of nitrogens with one attached hydrogen (secondary N) is 1. The number of aryl methyl sites for hydroxylation is 3. The van der Waals surface area contributed by atoms with Crippen molar-refractivity contribution in [1.29, 1.82) is 0 Å². The first-order valence-corrected chi connectivity index (χ1v) is 9.62. The first-order chi connectivity index (χ1) is 12.1. The first-order valence-electron chi connectivity index (χ1n) is 8.80. The number of benzene rings is 1. The van der Waals surface area contributed by atoms with Gasteiger partial charge in [0.15, 0.2) is 5.13 Å². The molecule has 2 N–H and O–H groups in total. The predicted octanol–water partition coefficient (Wildman–Crippen LogP) is 4.05. The third-order valence-electron chi connectivity index (χ3n) is 4.77. The van der Waals surface area contributed by atoms with E-state index < -0.39 is 0 Å². The number of urea groups is 1. The summed E-state index contributed by atoms with van der Waals surface area (Å²) < 4.78 is 0. The van der Waals surface area contributed by atoms with E-state index in [0.717, 1.165) is 29.8 Å². The van der Waals surface area contributed by atoms with E-state index >= 15 is 0 Å². The van der Waals surface area contributed by atoms with Gasteiger partial charge in [-0.2, -0.15) is 0 Å². The summed E-state index contributed by atoms with van der Waals surface area (Å²) >= 11 is 1.50. The van der Waals surface area contributed by atoms with Crippen LogP contribution in [0, 0.1) is 13.8 Å². The van der Waals surface area contributed by atoms with E-state index in [1.165, 1.54) is 22.5 Å². The zero-order chi connectivity index (χ0) is 17.8. The Hall–Kier alpha value is -1.92. The summed E-state index contributed by atoms with van der Waals surface area (Å²) in [5, 5.41) is 12.8. The van der Waals surface area contributed by atoms with Gasteiger partial charge in [-0.1, -0.05) is 24.3 Å². The van der Waals surface area contributed by atoms with Gasteiger partial charge in [-0.25, -0.2) is 9.78 Å². The topological polar surface area (TPSA) is 65.5 Å². The minimum absolute atomic E-state index is 0.0543. The predicted molar refractivity (Wildman–Crippen MR) is 101 cm³/mol. The Labute approximate surface area is 152 Å². The molecule has 0 bridgehead atoms. The molecule has 2 amide bonds. The maximum Gasteiger partial charge on any atom is 0.324 e. The Kier molecular flexibility index (Phi) is 5.71. The van der Waals surface area contributed by atoms with E-state index in [1.54, 1.807) is 0 Å². The average Bonchev–Trinajstić information content (AvgIpc) is 2.92. The second-order valence-electron chi connectivity index (χ2n) is 6.47. The second-order valence-corrected chi connectivity index (χ2v) is 7.67. The lowest BCUT2D eigenvalue weighted by Gasteiger charge is -2.35. The van der Waals surface area contributed by atoms with Crippen molar-refractivity contribution in [2.45, 2.75) is 45.6 Å². The van der Waals surface area contributed by atoms with Gasteiger partial charge in [0.05, 0.1) is 11.7 Å². The van der Waals surface area contributed by atoms with Gasteiger partial charge in [0, 0.05) is 18.0 Å². The molecule has 1 atom stereocenters. The van der Waals surface area contributed by atoms with Crippen molar-refractivity contribution in [2.75, 3.05) is 18.5 Å². The van der Waals surface area contributed by atoms with Crippen molar-refractivity contribution >= 4 is 22.5 Å². The highest BCUT2D eigenvalue weighted by Crippen LogP contribution is 2.35. The van der Waals surface area contributed by atoms with E-state index in [1.807, 2.05) is 24.8 Å². The smallest absolute Gasteiger partial charge is 0.324 e. The number of hydrogen-bond donors (Lipinski definition) is 2. The molecular formula is C19H25N3O2S. The number of carbonyl (C=O) groups is 1. The van der Waals surface area contributed by atoms with Crippen LogP contribution in [-0.4, -0.2) is 34.2 Å². The van der Waals surface area contributed by atoms with Crippen LogP contribution in [0.4, 0.5) is 9.93 Å². The van der Waals surface area contributed by atoms with Gasteiger partial charge in [-0.05, 0) is 50.7 Å². The fourth-order valence-corrected chi connectivity index (χ4v) is 4.19. The average molecular weight is 359 g/mol. The van der Waals surface area contributed by atoms with E-state index in [-0.39, 0.29) is 18.7 Å². The number of amides is 2. The normalized spacial score (nSPS) is 16.4. The van der Waals surface area contributed by atoms with Gasteiger partial charge in [0.2, 0.25) is 0 Å². The summed E-state index contributed by atoms with van der Waals surface area (Å²) in [4.78, 5) is 20.3. The Bertz CT molecular complexity index is 725. The fourth-order valence-electron chi connectivity index (χ4n) is 3.38. The summed E-state index contributed by atoms with van der Waals surface area (Å²) in [7, 11) is 0. The number of aliphatic hydroxyl groups is 1. The van der Waals surface area contributed by atoms with Crippen molar-refractivity contribution in [1.82, 2.24) is 9.88 Å². The van der Waals surface area contributed by atoms with Crippen LogP contribution < -0.4 is 5.32 Å². The number of thiazole rings is 1. The number of hydrogen-bond acceptors (Lipinski definition) is 4. The van der Waals surface area contributed by atoms with Crippen LogP contribution in [0.5, 0.6) is 0 Å². The molecule has 134 valence electrons. The van der Waals surface area contributed by atoms with Crippen molar-refractivity contribution < 1.29 is 9.90 Å². The molecule has 6 heteroatoms. The molecule has 1 heterocycles. The molecule has 0 saturated heterocycles. The SMILES string of the molecule is Cc1nc(NC(=O)N(CCCO)C2CCCc3ccccc32)sc1C. The van der Waals surface area contributed by atoms with Crippen molar-refractivity contribution in [3.05, 3.63) is 46.0 Å². The highest BCUT2D eigenvalue weighted by molar-refractivity contribution is 7.15. The highest BCUT2D eigenvalue weighted by atomic mass is 32.1. The number of anilines is 1. The molecule has 5 nitrogen and oxygen atoms in total. The molecule has 1 aliphatic rings. The third-order valence-corrected chi connectivity index (χ3v) is 5.76. The van der Waals surface area contributed by atoms with Crippen LogP contribution in [0.2, 0.25) is 0 Å². The van der Waals surface area contributed by atoms with Crippen LogP contribution in [0.1, 0.15) is 47.0 Å². The second kappa shape index (κ2) is 7.97. The molecule has 0 radical (unpaired) electrons. The number of aliphatic hydroxyl groups excluding tert-OH is 1. The number of fused-ring (bicyclic) bond motifs is 1. The molecule has 1 aliphatic carbocycles. The highest BCUT2D eigenvalue weighted by Gasteiger charge is 2.29. The largest absolute Gasteiger partial charge is 0.396 e. The summed E-state index contributed by atoms with van der Waals surface area (Å²) in [5.41, 5.74) is 3.50. The van der Waals surface area contributed by atoms with Crippen LogP contribution in [0.3, 0.4) is 0 Å². The van der Waals surface area contributed by atoms with Gasteiger partial charge in [0.1, 0.15) is 0 Å². The quantitative estimate of drug-likeness (QED) is 0.846. The van der Waals surface area contributed by atoms with Crippen LogP contribution in [-0.2, 0) is 6.42 Å². The molecule has 0 fully saturated rings. The Morgan fingerprint density at radius 1 is 1.40 bits per heavy atom. The zero-order valence-corrected chi connectivity index (χ0v) is 15.6. The maximum absolute atomic E-state index is 12.9. The molecular weight excluding hydrogens is 334 g/mol. The minimum Gasteiger partial charge on any atom is -0.396 e. The van der Waals surface area contributed by atoms with Gasteiger partial charge >= 0.3 is 6.03 Å². The molecule has 3 rings (SSSR count). The van der Waals surface area contributed by atoms with E-state index in [9.17, 15) is 9.90 Å². The summed E-state index contributed by atoms with van der Waals surface area (Å²) in [6, 6.07) is 8.28. The lowest BCUT2D eigenvalue weighted by atomic mass is 9.87. The van der Waals surface area contributed by atoms with Crippen LogP contribution in [0.25, 0.3) is 0 Å². The molecule has 0 saturated carbocycles. The van der Waals surface area contributed by atoms with Crippen molar-refractivity contribution in [2.24, 2.45) is 0 Å². The number of nitrogens with zero attached hydrogens (tertiary/aromatic N) is 2. The summed E-state index contributed by atoms with van der Waals surface area (Å²) in [6.45, 7) is 4.56. The number of aromatic nitrogens is 1. The van der Waals surface area contributed by atoms with E-state index in [2.05, 4.69) is 28.5 Å². The fraction of sp³-hybridized carbons (Fsp3) is 0.474. The summed E-state index contributed by atoms with van der Waals surface area (Å²) in [5.74, 6) is 0. The van der Waals surface area contributed by atoms with Gasteiger partial charge < -0.3 is 10.0 Å². The van der Waals surface area contributed by atoms with Gasteiger partial charge in [-0.15, -0.1) is 11.3 Å². The molecule has 1 unspecified atom stereocenters. The van der Waals surface area contributed by atoms with Gasteiger partial charge in [0.25, 0.3) is 0 Å². The molecule has 25 heavy (non-hydrogen) atoms. The van der Waals surface area contributed by atoms with Gasteiger partial charge in [-0.3, -0.25) is 5.32 Å². The summed E-state index contributed by atoms with van der Waals surface area (Å²) in [6.07, 6.45) is 3.65. The van der Waals surface area contributed by atoms with Crippen LogP contribution >= 0.6 is 11.3 Å². The number of rotatable bonds is 5. The first kappa shape index (κ1) is 17.9. The van der Waals surface area contributed by atoms with Crippen molar-refractivity contribution in [3.8, 4) is 0 Å². The molecule has 0 spiro atoms. The maximum atomic E-state index is 12.9. The van der Waals surface area contributed by atoms with E-state index in [0.29, 0.717) is 18.1 Å². The lowest BCUT2D eigenvalue weighted by molar-refractivity contribution is 0.169.